The predicted molar refractivity (Wildman–Crippen MR) is 47.2 cm³/mol. The van der Waals surface area contributed by atoms with Gasteiger partial charge in [0.2, 0.25) is 0 Å². The van der Waals surface area contributed by atoms with Crippen LogP contribution in [0.25, 0.3) is 0 Å². The van der Waals surface area contributed by atoms with Gasteiger partial charge >= 0.3 is 0 Å². The Kier molecular flexibility index (Phi) is 3.66. The normalized spacial score (nSPS) is 30.0. The second-order valence-corrected chi connectivity index (χ2v) is 4.16. The molecule has 10 heavy (non-hydrogen) atoms. The topological polar surface area (TPSA) is 24.1 Å². The molecule has 0 aromatic carbocycles. The number of piperidine rings is 1. The summed E-state index contributed by atoms with van der Waals surface area (Å²) < 4.78 is 0. The summed E-state index contributed by atoms with van der Waals surface area (Å²) in [6, 6.07) is 0. The maximum atomic E-state index is 3.46. The fourth-order valence-corrected chi connectivity index (χ4v) is 1.59. The fourth-order valence-electron chi connectivity index (χ4n) is 1.27. The number of halogens is 1. The maximum absolute atomic E-state index is 3.46. The smallest absolute Gasteiger partial charge is 0.0613 e. The highest BCUT2D eigenvalue weighted by Gasteiger charge is 2.12. The summed E-state index contributed by atoms with van der Waals surface area (Å²) in [5, 5.41) is 6.80. The number of nitrogens with one attached hydrogen (secondary N) is 2. The Hall–Kier alpha value is 0.400. The molecule has 0 aromatic heterocycles. The molecule has 2 atom stereocenters. The van der Waals surface area contributed by atoms with Crippen LogP contribution >= 0.6 is 15.9 Å². The number of hydrogen-bond donors (Lipinski definition) is 2. The minimum atomic E-state index is 0.420. The van der Waals surface area contributed by atoms with Crippen LogP contribution < -0.4 is 10.6 Å². The Labute approximate surface area is 70.9 Å². The molecule has 1 rings (SSSR count). The molecule has 0 aliphatic carbocycles. The lowest BCUT2D eigenvalue weighted by Crippen LogP contribution is -2.47. The minimum Gasteiger partial charge on any atom is -0.302 e. The van der Waals surface area contributed by atoms with Crippen LogP contribution in [0.5, 0.6) is 0 Å². The molecule has 1 aliphatic heterocycles. The maximum Gasteiger partial charge on any atom is 0.0613 e. The highest BCUT2D eigenvalue weighted by atomic mass is 79.9. The highest BCUT2D eigenvalue weighted by molar-refractivity contribution is 9.09. The summed E-state index contributed by atoms with van der Waals surface area (Å²) >= 11 is 3.46. The van der Waals surface area contributed by atoms with Crippen molar-refractivity contribution in [3.63, 3.8) is 0 Å². The lowest BCUT2D eigenvalue weighted by molar-refractivity contribution is 0.344. The summed E-state index contributed by atoms with van der Waals surface area (Å²) in [6.07, 6.45) is 4.47. The van der Waals surface area contributed by atoms with Gasteiger partial charge in [0.1, 0.15) is 0 Å². The molecule has 2 nitrogen and oxygen atoms in total. The van der Waals surface area contributed by atoms with Gasteiger partial charge in [0, 0.05) is 0 Å². The van der Waals surface area contributed by atoms with Crippen molar-refractivity contribution in [2.45, 2.75) is 37.3 Å². The first-order chi connectivity index (χ1) is 4.79. The van der Waals surface area contributed by atoms with Crippen molar-refractivity contribution in [3.05, 3.63) is 0 Å². The lowest BCUT2D eigenvalue weighted by atomic mass is 10.1. The van der Waals surface area contributed by atoms with Gasteiger partial charge < -0.3 is 5.32 Å². The van der Waals surface area contributed by atoms with Gasteiger partial charge in [-0.15, -0.1) is 0 Å². The molecule has 0 bridgehead atoms. The molecule has 1 saturated heterocycles. The Morgan fingerprint density at radius 3 is 2.90 bits per heavy atom. The zero-order valence-electron chi connectivity index (χ0n) is 6.36. The molecular formula is C7H15BrN2. The molecule has 0 spiro atoms. The average molecular weight is 207 g/mol. The van der Waals surface area contributed by atoms with Crippen molar-refractivity contribution in [2.75, 3.05) is 6.54 Å². The standard InChI is InChI=1S/C7H15BrN2/c1-6(8)10-7-4-2-3-5-9-7/h6-7,9-10H,2-5H2,1H3. The molecule has 0 saturated carbocycles. The van der Waals surface area contributed by atoms with E-state index in [1.807, 2.05) is 0 Å². The Balaban J connectivity index is 2.13. The molecule has 0 aromatic rings. The Morgan fingerprint density at radius 1 is 1.60 bits per heavy atom. The van der Waals surface area contributed by atoms with Crippen molar-refractivity contribution < 1.29 is 0 Å². The molecule has 2 N–H and O–H groups in total. The van der Waals surface area contributed by atoms with E-state index in [0.29, 0.717) is 11.1 Å². The molecule has 1 fully saturated rings. The Bertz CT molecular complexity index is 89.6. The van der Waals surface area contributed by atoms with E-state index in [9.17, 15) is 0 Å². The van der Waals surface area contributed by atoms with Crippen LogP contribution in [-0.4, -0.2) is 17.7 Å². The van der Waals surface area contributed by atoms with Gasteiger partial charge in [-0.2, -0.15) is 0 Å². The first kappa shape index (κ1) is 8.50. The monoisotopic (exact) mass is 206 g/mol. The first-order valence-electron chi connectivity index (χ1n) is 3.92. The molecular weight excluding hydrogens is 192 g/mol. The van der Waals surface area contributed by atoms with E-state index in [1.165, 1.54) is 19.3 Å². The van der Waals surface area contributed by atoms with Gasteiger partial charge in [0.25, 0.3) is 0 Å². The summed E-state index contributed by atoms with van der Waals surface area (Å²) in [4.78, 5) is 0.420. The van der Waals surface area contributed by atoms with Crippen LogP contribution in [0, 0.1) is 0 Å². The highest BCUT2D eigenvalue weighted by Crippen LogP contribution is 2.06. The zero-order chi connectivity index (χ0) is 7.40. The van der Waals surface area contributed by atoms with Crippen LogP contribution in [0.15, 0.2) is 0 Å². The van der Waals surface area contributed by atoms with E-state index >= 15 is 0 Å². The molecule has 0 radical (unpaired) electrons. The van der Waals surface area contributed by atoms with Gasteiger partial charge in [0.05, 0.1) is 11.1 Å². The SMILES string of the molecule is CC(Br)NC1CCCCN1. The summed E-state index contributed by atoms with van der Waals surface area (Å²) in [5.74, 6) is 0. The summed E-state index contributed by atoms with van der Waals surface area (Å²) in [6.45, 7) is 3.27. The van der Waals surface area contributed by atoms with Gasteiger partial charge in [-0.25, -0.2) is 0 Å². The minimum absolute atomic E-state index is 0.420. The van der Waals surface area contributed by atoms with Crippen LogP contribution in [0.1, 0.15) is 26.2 Å². The number of rotatable bonds is 2. The largest absolute Gasteiger partial charge is 0.302 e. The third kappa shape index (κ3) is 2.99. The van der Waals surface area contributed by atoms with Crippen molar-refractivity contribution in [2.24, 2.45) is 0 Å². The lowest BCUT2D eigenvalue weighted by Gasteiger charge is -2.25. The quantitative estimate of drug-likeness (QED) is 0.528. The van der Waals surface area contributed by atoms with Crippen LogP contribution in [-0.2, 0) is 0 Å². The Morgan fingerprint density at radius 2 is 2.40 bits per heavy atom. The van der Waals surface area contributed by atoms with Crippen LogP contribution in [0.2, 0.25) is 0 Å². The van der Waals surface area contributed by atoms with Crippen LogP contribution in [0.3, 0.4) is 0 Å². The second kappa shape index (κ2) is 4.31. The third-order valence-electron chi connectivity index (χ3n) is 1.74. The molecule has 2 unspecified atom stereocenters. The van der Waals surface area contributed by atoms with Crippen LogP contribution in [0.4, 0.5) is 0 Å². The van der Waals surface area contributed by atoms with Gasteiger partial charge in [-0.3, -0.25) is 5.32 Å². The fraction of sp³-hybridized carbons (Fsp3) is 1.00. The first-order valence-corrected chi connectivity index (χ1v) is 4.84. The van der Waals surface area contributed by atoms with Crippen molar-refractivity contribution in [1.29, 1.82) is 0 Å². The average Bonchev–Trinajstić information content (AvgIpc) is 1.88. The van der Waals surface area contributed by atoms with Crippen molar-refractivity contribution in [3.8, 4) is 0 Å². The van der Waals surface area contributed by atoms with E-state index in [2.05, 4.69) is 33.5 Å². The molecule has 0 amide bonds. The molecule has 60 valence electrons. The molecule has 1 aliphatic rings. The van der Waals surface area contributed by atoms with E-state index in [4.69, 9.17) is 0 Å². The van der Waals surface area contributed by atoms with E-state index < -0.39 is 0 Å². The summed E-state index contributed by atoms with van der Waals surface area (Å²) in [7, 11) is 0. The zero-order valence-corrected chi connectivity index (χ0v) is 7.95. The third-order valence-corrected chi connectivity index (χ3v) is 2.01. The number of alkyl halides is 1. The van der Waals surface area contributed by atoms with Gasteiger partial charge in [0.15, 0.2) is 0 Å². The van der Waals surface area contributed by atoms with Gasteiger partial charge in [-0.1, -0.05) is 15.9 Å². The van der Waals surface area contributed by atoms with Crippen molar-refractivity contribution in [1.82, 2.24) is 10.6 Å². The van der Waals surface area contributed by atoms with Gasteiger partial charge in [-0.05, 0) is 32.7 Å². The molecule has 1 heterocycles. The summed E-state index contributed by atoms with van der Waals surface area (Å²) in [5.41, 5.74) is 0. The molecule has 3 heteroatoms. The van der Waals surface area contributed by atoms with E-state index in [1.54, 1.807) is 0 Å². The number of hydrogen-bond acceptors (Lipinski definition) is 2. The second-order valence-electron chi connectivity index (χ2n) is 2.79. The predicted octanol–water partition coefficient (Wildman–Crippen LogP) is 1.42. The van der Waals surface area contributed by atoms with Crippen molar-refractivity contribution >= 4 is 15.9 Å². The van der Waals surface area contributed by atoms with E-state index in [-0.39, 0.29) is 0 Å². The van der Waals surface area contributed by atoms with E-state index in [0.717, 1.165) is 6.54 Å².